The van der Waals surface area contributed by atoms with Gasteiger partial charge in [0, 0.05) is 32.9 Å². The maximum absolute atomic E-state index is 11.8. The zero-order valence-corrected chi connectivity index (χ0v) is 15.0. The number of carbonyl (C=O) groups is 1. The van der Waals surface area contributed by atoms with E-state index in [0.717, 1.165) is 24.5 Å². The highest BCUT2D eigenvalue weighted by Gasteiger charge is 2.14. The number of piperidine rings is 1. The van der Waals surface area contributed by atoms with E-state index in [4.69, 9.17) is 10.5 Å². The number of methoxy groups -OCH3 is 1. The van der Waals surface area contributed by atoms with Crippen LogP contribution in [0.3, 0.4) is 0 Å². The molecule has 132 valence electrons. The van der Waals surface area contributed by atoms with Crippen LogP contribution in [0.25, 0.3) is 0 Å². The smallest absolute Gasteiger partial charge is 0.239 e. The molecule has 1 aromatic rings. The van der Waals surface area contributed by atoms with Crippen LogP contribution in [0.5, 0.6) is 0 Å². The third-order valence-corrected chi connectivity index (χ3v) is 3.64. The normalized spacial score (nSPS) is 15.1. The van der Waals surface area contributed by atoms with Gasteiger partial charge < -0.3 is 20.7 Å². The standard InChI is InChI=1S/C15H24N4O2.2ClH/c1-21-11-13(16)15(20)18-10-12-5-6-17-14(9-12)19-7-3-2-4-8-19;;/h5-6,9,13H,2-4,7-8,10-11,16H2,1H3,(H,18,20);2*1H. The van der Waals surface area contributed by atoms with Gasteiger partial charge in [-0.3, -0.25) is 4.79 Å². The second kappa shape index (κ2) is 11.5. The van der Waals surface area contributed by atoms with Gasteiger partial charge in [0.05, 0.1) is 6.61 Å². The zero-order chi connectivity index (χ0) is 15.1. The topological polar surface area (TPSA) is 80.5 Å². The van der Waals surface area contributed by atoms with E-state index in [2.05, 4.69) is 15.2 Å². The van der Waals surface area contributed by atoms with Crippen molar-refractivity contribution in [3.8, 4) is 0 Å². The Morgan fingerprint density at radius 1 is 1.39 bits per heavy atom. The van der Waals surface area contributed by atoms with Crippen molar-refractivity contribution in [2.24, 2.45) is 5.73 Å². The van der Waals surface area contributed by atoms with Crippen LogP contribution in [0.1, 0.15) is 24.8 Å². The molecule has 2 rings (SSSR count). The molecule has 1 fully saturated rings. The zero-order valence-electron chi connectivity index (χ0n) is 13.4. The minimum Gasteiger partial charge on any atom is -0.383 e. The molecule has 0 aromatic carbocycles. The van der Waals surface area contributed by atoms with Crippen molar-refractivity contribution in [3.63, 3.8) is 0 Å². The fraction of sp³-hybridized carbons (Fsp3) is 0.600. The minimum absolute atomic E-state index is 0. The molecular weight excluding hydrogens is 339 g/mol. The van der Waals surface area contributed by atoms with E-state index < -0.39 is 6.04 Å². The average molecular weight is 365 g/mol. The fourth-order valence-electron chi connectivity index (χ4n) is 2.44. The van der Waals surface area contributed by atoms with E-state index in [1.165, 1.54) is 26.4 Å². The van der Waals surface area contributed by atoms with Crippen molar-refractivity contribution >= 4 is 36.5 Å². The lowest BCUT2D eigenvalue weighted by molar-refractivity contribution is -0.123. The van der Waals surface area contributed by atoms with Crippen LogP contribution in [-0.4, -0.2) is 43.7 Å². The van der Waals surface area contributed by atoms with Crippen molar-refractivity contribution < 1.29 is 9.53 Å². The lowest BCUT2D eigenvalue weighted by atomic mass is 10.1. The second-order valence-electron chi connectivity index (χ2n) is 5.35. The SMILES string of the molecule is COCC(N)C(=O)NCc1ccnc(N2CCCCC2)c1.Cl.Cl. The number of halogens is 2. The third-order valence-electron chi connectivity index (χ3n) is 3.64. The molecule has 1 saturated heterocycles. The second-order valence-corrected chi connectivity index (χ2v) is 5.35. The summed E-state index contributed by atoms with van der Waals surface area (Å²) in [7, 11) is 1.53. The Labute approximate surface area is 150 Å². The highest BCUT2D eigenvalue weighted by molar-refractivity contribution is 5.85. The number of hydrogen-bond donors (Lipinski definition) is 2. The third kappa shape index (κ3) is 6.91. The van der Waals surface area contributed by atoms with Crippen molar-refractivity contribution in [2.45, 2.75) is 31.8 Å². The van der Waals surface area contributed by atoms with Crippen molar-refractivity contribution in [1.29, 1.82) is 0 Å². The molecule has 0 spiro atoms. The maximum atomic E-state index is 11.8. The number of nitrogens with zero attached hydrogens (tertiary/aromatic N) is 2. The Balaban J connectivity index is 0.00000242. The van der Waals surface area contributed by atoms with Crippen molar-refractivity contribution in [2.75, 3.05) is 31.7 Å². The first-order valence-electron chi connectivity index (χ1n) is 7.43. The van der Waals surface area contributed by atoms with E-state index >= 15 is 0 Å². The molecule has 8 heteroatoms. The molecule has 0 radical (unpaired) electrons. The summed E-state index contributed by atoms with van der Waals surface area (Å²) in [5.74, 6) is 0.788. The summed E-state index contributed by atoms with van der Waals surface area (Å²) in [6, 6.07) is 3.32. The number of rotatable bonds is 6. The van der Waals surface area contributed by atoms with Gasteiger partial charge in [0.25, 0.3) is 0 Å². The predicted octanol–water partition coefficient (Wildman–Crippen LogP) is 1.51. The monoisotopic (exact) mass is 364 g/mol. The molecular formula is C15H26Cl2N4O2. The largest absolute Gasteiger partial charge is 0.383 e. The molecule has 1 aliphatic heterocycles. The number of nitrogens with two attached hydrogens (primary N) is 1. The van der Waals surface area contributed by atoms with Crippen molar-refractivity contribution in [1.82, 2.24) is 10.3 Å². The first-order chi connectivity index (χ1) is 10.2. The van der Waals surface area contributed by atoms with Gasteiger partial charge in [-0.2, -0.15) is 0 Å². The number of anilines is 1. The number of hydrogen-bond acceptors (Lipinski definition) is 5. The van der Waals surface area contributed by atoms with Gasteiger partial charge in [-0.1, -0.05) is 0 Å². The number of pyridine rings is 1. The summed E-state index contributed by atoms with van der Waals surface area (Å²) >= 11 is 0. The van der Waals surface area contributed by atoms with E-state index in [9.17, 15) is 4.79 Å². The van der Waals surface area contributed by atoms with Gasteiger partial charge in [-0.05, 0) is 37.0 Å². The average Bonchev–Trinajstić information content (AvgIpc) is 2.54. The van der Waals surface area contributed by atoms with Gasteiger partial charge >= 0.3 is 0 Å². The summed E-state index contributed by atoms with van der Waals surface area (Å²) in [4.78, 5) is 18.5. The van der Waals surface area contributed by atoms with Crippen LogP contribution < -0.4 is 16.0 Å². The van der Waals surface area contributed by atoms with Crippen LogP contribution in [0.2, 0.25) is 0 Å². The van der Waals surface area contributed by atoms with Crippen LogP contribution >= 0.6 is 24.8 Å². The number of aromatic nitrogens is 1. The van der Waals surface area contributed by atoms with Crippen molar-refractivity contribution in [3.05, 3.63) is 23.9 Å². The number of ether oxygens (including phenoxy) is 1. The van der Waals surface area contributed by atoms with E-state index in [1.54, 1.807) is 6.20 Å². The van der Waals surface area contributed by atoms with Crippen LogP contribution in [-0.2, 0) is 16.1 Å². The Morgan fingerprint density at radius 2 is 2.09 bits per heavy atom. The van der Waals surface area contributed by atoms with E-state index in [1.807, 2.05) is 12.1 Å². The van der Waals surface area contributed by atoms with Gasteiger partial charge in [0.1, 0.15) is 11.9 Å². The molecule has 1 aliphatic rings. The Hall–Kier alpha value is -1.08. The molecule has 0 saturated carbocycles. The summed E-state index contributed by atoms with van der Waals surface area (Å²) in [5, 5.41) is 2.82. The van der Waals surface area contributed by atoms with Gasteiger partial charge in [-0.15, -0.1) is 24.8 Å². The maximum Gasteiger partial charge on any atom is 0.239 e. The molecule has 1 amide bonds. The molecule has 23 heavy (non-hydrogen) atoms. The quantitative estimate of drug-likeness (QED) is 0.799. The van der Waals surface area contributed by atoms with E-state index in [0.29, 0.717) is 6.54 Å². The molecule has 0 aliphatic carbocycles. The Morgan fingerprint density at radius 3 is 2.74 bits per heavy atom. The van der Waals surface area contributed by atoms with Crippen LogP contribution in [0.15, 0.2) is 18.3 Å². The highest BCUT2D eigenvalue weighted by Crippen LogP contribution is 2.18. The summed E-state index contributed by atoms with van der Waals surface area (Å²) < 4.78 is 4.87. The Bertz CT molecular complexity index is 471. The summed E-state index contributed by atoms with van der Waals surface area (Å²) in [6.45, 7) is 2.80. The lowest BCUT2D eigenvalue weighted by Gasteiger charge is -2.28. The Kier molecular flexibility index (Phi) is 10.9. The molecule has 6 nitrogen and oxygen atoms in total. The first-order valence-corrected chi connectivity index (χ1v) is 7.43. The predicted molar refractivity (Wildman–Crippen MR) is 96.5 cm³/mol. The van der Waals surface area contributed by atoms with Gasteiger partial charge in [0.2, 0.25) is 5.91 Å². The van der Waals surface area contributed by atoms with Gasteiger partial charge in [-0.25, -0.2) is 4.98 Å². The summed E-state index contributed by atoms with van der Waals surface area (Å²) in [6.07, 6.45) is 5.52. The van der Waals surface area contributed by atoms with Gasteiger partial charge in [0.15, 0.2) is 0 Å². The molecule has 1 atom stereocenters. The number of amides is 1. The molecule has 2 heterocycles. The molecule has 1 aromatic heterocycles. The molecule has 3 N–H and O–H groups in total. The minimum atomic E-state index is -0.626. The van der Waals surface area contributed by atoms with Crippen LogP contribution in [0.4, 0.5) is 5.82 Å². The number of carbonyl (C=O) groups excluding carboxylic acids is 1. The summed E-state index contributed by atoms with van der Waals surface area (Å²) in [5.41, 5.74) is 6.71. The highest BCUT2D eigenvalue weighted by atomic mass is 35.5. The molecule has 0 bridgehead atoms. The van der Waals surface area contributed by atoms with E-state index in [-0.39, 0.29) is 37.3 Å². The first kappa shape index (κ1) is 21.9. The molecule has 1 unspecified atom stereocenters. The van der Waals surface area contributed by atoms with Crippen LogP contribution in [0, 0.1) is 0 Å². The number of nitrogens with one attached hydrogen (secondary N) is 1. The fourth-order valence-corrected chi connectivity index (χ4v) is 2.44. The lowest BCUT2D eigenvalue weighted by Crippen LogP contribution is -2.43.